The molecule has 1 saturated heterocycles. The first kappa shape index (κ1) is 20.2. The number of carbonyl (C=O) groups is 2. The largest absolute Gasteiger partial charge is 0.416 e. The molecule has 0 aliphatic carbocycles. The lowest BCUT2D eigenvalue weighted by atomic mass is 9.96. The number of anilines is 1. The Bertz CT molecular complexity index is 868. The van der Waals surface area contributed by atoms with Crippen molar-refractivity contribution in [3.05, 3.63) is 64.7 Å². The maximum atomic E-state index is 12.8. The minimum atomic E-state index is -4.48. The van der Waals surface area contributed by atoms with Crippen molar-refractivity contribution < 1.29 is 22.8 Å². The van der Waals surface area contributed by atoms with Crippen LogP contribution in [0.15, 0.2) is 48.5 Å². The van der Waals surface area contributed by atoms with Crippen LogP contribution in [0.4, 0.5) is 18.9 Å². The van der Waals surface area contributed by atoms with Crippen LogP contribution in [-0.4, -0.2) is 29.8 Å². The Morgan fingerprint density at radius 2 is 1.82 bits per heavy atom. The number of carbonyl (C=O) groups excluding carboxylic acids is 2. The molecule has 1 fully saturated rings. The van der Waals surface area contributed by atoms with E-state index in [1.165, 1.54) is 12.1 Å². The predicted octanol–water partition coefficient (Wildman–Crippen LogP) is 4.85. The number of nitrogens with one attached hydrogen (secondary N) is 1. The molecule has 0 bridgehead atoms. The van der Waals surface area contributed by atoms with Crippen LogP contribution >= 0.6 is 11.6 Å². The van der Waals surface area contributed by atoms with Crippen LogP contribution in [0.2, 0.25) is 5.02 Å². The highest BCUT2D eigenvalue weighted by Crippen LogP contribution is 2.31. The molecule has 1 aliphatic rings. The third-order valence-electron chi connectivity index (χ3n) is 4.63. The molecule has 4 nitrogen and oxygen atoms in total. The maximum absolute atomic E-state index is 12.8. The zero-order valence-electron chi connectivity index (χ0n) is 14.8. The first-order valence-corrected chi connectivity index (χ1v) is 9.15. The third-order valence-corrected chi connectivity index (χ3v) is 4.88. The van der Waals surface area contributed by atoms with Gasteiger partial charge in [-0.2, -0.15) is 13.2 Å². The molecular formula is C20H18ClF3N2O2. The normalized spacial score (nSPS) is 17.3. The Hall–Kier alpha value is -2.54. The molecule has 3 rings (SSSR count). The molecule has 2 aromatic rings. The molecule has 2 amide bonds. The van der Waals surface area contributed by atoms with Gasteiger partial charge in [-0.15, -0.1) is 0 Å². The number of likely N-dealkylation sites (tertiary alicyclic amines) is 1. The third kappa shape index (κ3) is 4.84. The Balaban J connectivity index is 1.66. The standard InChI is InChI=1S/C20H18ClF3N2O2/c21-16-8-6-13(7-9-16)19(28)26-10-2-3-14(12-26)18(27)25-17-5-1-4-15(11-17)20(22,23)24/h1,4-9,11,14H,2-3,10,12H2,(H,25,27). The molecule has 0 aromatic heterocycles. The van der Waals surface area contributed by atoms with Crippen LogP contribution in [0.25, 0.3) is 0 Å². The van der Waals surface area contributed by atoms with Gasteiger partial charge >= 0.3 is 6.18 Å². The first-order valence-electron chi connectivity index (χ1n) is 8.77. The molecule has 0 spiro atoms. The summed E-state index contributed by atoms with van der Waals surface area (Å²) < 4.78 is 38.5. The second-order valence-electron chi connectivity index (χ2n) is 6.67. The van der Waals surface area contributed by atoms with Crippen LogP contribution in [-0.2, 0) is 11.0 Å². The minimum absolute atomic E-state index is 0.0842. The van der Waals surface area contributed by atoms with Gasteiger partial charge in [-0.05, 0) is 55.3 Å². The van der Waals surface area contributed by atoms with Crippen molar-refractivity contribution in [2.24, 2.45) is 5.92 Å². The average Bonchev–Trinajstić information content (AvgIpc) is 2.67. The van der Waals surface area contributed by atoms with E-state index in [1.54, 1.807) is 29.2 Å². The highest BCUT2D eigenvalue weighted by Gasteiger charge is 2.32. The Morgan fingerprint density at radius 3 is 2.50 bits per heavy atom. The summed E-state index contributed by atoms with van der Waals surface area (Å²) in [6.45, 7) is 0.737. The summed E-state index contributed by atoms with van der Waals surface area (Å²) >= 11 is 5.83. The van der Waals surface area contributed by atoms with Crippen molar-refractivity contribution >= 4 is 29.1 Å². The summed E-state index contributed by atoms with van der Waals surface area (Å²) in [6.07, 6.45) is -3.28. The SMILES string of the molecule is O=C(Nc1cccc(C(F)(F)F)c1)C1CCCN(C(=O)c2ccc(Cl)cc2)C1. The number of piperidine rings is 1. The van der Waals surface area contributed by atoms with E-state index >= 15 is 0 Å². The number of rotatable bonds is 3. The fourth-order valence-electron chi connectivity index (χ4n) is 3.17. The van der Waals surface area contributed by atoms with Crippen LogP contribution < -0.4 is 5.32 Å². The zero-order chi connectivity index (χ0) is 20.3. The Morgan fingerprint density at radius 1 is 1.11 bits per heavy atom. The van der Waals surface area contributed by atoms with Gasteiger partial charge in [0, 0.05) is 29.4 Å². The monoisotopic (exact) mass is 410 g/mol. The van der Waals surface area contributed by atoms with Gasteiger partial charge in [0.1, 0.15) is 0 Å². The molecular weight excluding hydrogens is 393 g/mol. The van der Waals surface area contributed by atoms with E-state index in [0.717, 1.165) is 12.1 Å². The summed E-state index contributed by atoms with van der Waals surface area (Å²) in [5.41, 5.74) is -0.266. The summed E-state index contributed by atoms with van der Waals surface area (Å²) in [5, 5.41) is 3.06. The molecule has 8 heteroatoms. The molecule has 148 valence electrons. The number of benzene rings is 2. The lowest BCUT2D eigenvalue weighted by molar-refractivity contribution is -0.137. The fourth-order valence-corrected chi connectivity index (χ4v) is 3.29. The van der Waals surface area contributed by atoms with Crippen molar-refractivity contribution in [3.63, 3.8) is 0 Å². The van der Waals surface area contributed by atoms with Gasteiger partial charge in [-0.25, -0.2) is 0 Å². The van der Waals surface area contributed by atoms with Gasteiger partial charge in [0.05, 0.1) is 11.5 Å². The van der Waals surface area contributed by atoms with Crippen molar-refractivity contribution in [3.8, 4) is 0 Å². The number of alkyl halides is 3. The molecule has 0 radical (unpaired) electrons. The van der Waals surface area contributed by atoms with Crippen molar-refractivity contribution in [1.82, 2.24) is 4.90 Å². The van der Waals surface area contributed by atoms with Gasteiger partial charge in [-0.3, -0.25) is 9.59 Å². The minimum Gasteiger partial charge on any atom is -0.338 e. The fraction of sp³-hybridized carbons (Fsp3) is 0.300. The van der Waals surface area contributed by atoms with Gasteiger partial charge in [0.2, 0.25) is 5.91 Å². The van der Waals surface area contributed by atoms with Gasteiger partial charge < -0.3 is 10.2 Å². The quantitative estimate of drug-likeness (QED) is 0.786. The van der Waals surface area contributed by atoms with Gasteiger partial charge in [0.15, 0.2) is 0 Å². The first-order chi connectivity index (χ1) is 13.2. The molecule has 1 N–H and O–H groups in total. The highest BCUT2D eigenvalue weighted by atomic mass is 35.5. The van der Waals surface area contributed by atoms with Crippen molar-refractivity contribution in [2.45, 2.75) is 19.0 Å². The number of halogens is 4. The smallest absolute Gasteiger partial charge is 0.338 e. The van der Waals surface area contributed by atoms with E-state index in [9.17, 15) is 22.8 Å². The molecule has 1 unspecified atom stereocenters. The van der Waals surface area contributed by atoms with Crippen molar-refractivity contribution in [2.75, 3.05) is 18.4 Å². The number of nitrogens with zero attached hydrogens (tertiary/aromatic N) is 1. The Kier molecular flexibility index (Phi) is 5.93. The topological polar surface area (TPSA) is 49.4 Å². The zero-order valence-corrected chi connectivity index (χ0v) is 15.6. The van der Waals surface area contributed by atoms with Crippen molar-refractivity contribution in [1.29, 1.82) is 0 Å². The molecule has 0 saturated carbocycles. The van der Waals surface area contributed by atoms with Crippen LogP contribution in [0.5, 0.6) is 0 Å². The van der Waals surface area contributed by atoms with E-state index in [0.29, 0.717) is 30.0 Å². The number of amides is 2. The molecule has 1 aliphatic heterocycles. The lowest BCUT2D eigenvalue weighted by Crippen LogP contribution is -2.43. The number of hydrogen-bond acceptors (Lipinski definition) is 2. The van der Waals surface area contributed by atoms with Crippen LogP contribution in [0.3, 0.4) is 0 Å². The highest BCUT2D eigenvalue weighted by molar-refractivity contribution is 6.30. The molecule has 2 aromatic carbocycles. The van der Waals surface area contributed by atoms with Crippen LogP contribution in [0.1, 0.15) is 28.8 Å². The maximum Gasteiger partial charge on any atom is 0.416 e. The Labute approximate surface area is 165 Å². The molecule has 1 heterocycles. The van der Waals surface area contributed by atoms with E-state index < -0.39 is 23.6 Å². The van der Waals surface area contributed by atoms with E-state index in [4.69, 9.17) is 11.6 Å². The van der Waals surface area contributed by atoms with E-state index in [1.807, 2.05) is 0 Å². The average molecular weight is 411 g/mol. The molecule has 1 atom stereocenters. The van der Waals surface area contributed by atoms with Crippen LogP contribution in [0, 0.1) is 5.92 Å². The van der Waals surface area contributed by atoms with E-state index in [-0.39, 0.29) is 18.1 Å². The molecule has 28 heavy (non-hydrogen) atoms. The van der Waals surface area contributed by atoms with Gasteiger partial charge in [-0.1, -0.05) is 17.7 Å². The van der Waals surface area contributed by atoms with Gasteiger partial charge in [0.25, 0.3) is 5.91 Å². The summed E-state index contributed by atoms with van der Waals surface area (Å²) in [5.74, 6) is -1.08. The summed E-state index contributed by atoms with van der Waals surface area (Å²) in [6, 6.07) is 11.0. The predicted molar refractivity (Wildman–Crippen MR) is 100 cm³/mol. The second-order valence-corrected chi connectivity index (χ2v) is 7.10. The lowest BCUT2D eigenvalue weighted by Gasteiger charge is -2.32. The second kappa shape index (κ2) is 8.22. The summed E-state index contributed by atoms with van der Waals surface area (Å²) in [7, 11) is 0. The number of hydrogen-bond donors (Lipinski definition) is 1. The van der Waals surface area contributed by atoms with E-state index in [2.05, 4.69) is 5.32 Å². The summed E-state index contributed by atoms with van der Waals surface area (Å²) in [4.78, 5) is 26.7.